The van der Waals surface area contributed by atoms with E-state index in [0.29, 0.717) is 21.8 Å². The molecule has 4 heteroatoms. The maximum atomic E-state index is 6.40. The van der Waals surface area contributed by atoms with Crippen molar-refractivity contribution in [1.29, 1.82) is 0 Å². The molecule has 4 atom stereocenters. The van der Waals surface area contributed by atoms with Crippen molar-refractivity contribution in [3.05, 3.63) is 72.8 Å². The minimum absolute atomic E-state index is 0.453. The fourth-order valence-corrected chi connectivity index (χ4v) is 16.8. The van der Waals surface area contributed by atoms with Crippen LogP contribution in [0.3, 0.4) is 0 Å². The zero-order chi connectivity index (χ0) is 34.0. The Bertz CT molecular complexity index is 1750. The highest BCUT2D eigenvalue weighted by molar-refractivity contribution is 7.97. The summed E-state index contributed by atoms with van der Waals surface area (Å²) < 4.78 is 12.6. The van der Waals surface area contributed by atoms with Gasteiger partial charge in [0, 0.05) is 55.2 Å². The number of hydrogen-bond acceptors (Lipinski definition) is 2. The standard InChI is InChI=1S/C26H33OS.C21H27OS/c1-2-6-18(7-3-1)15-27-25-12-13-26(22-9-5-4-8-21(22)25)28-16-23-19-10-11-20(14-19)24(23)17-28;1-2-8-17(7-1)13-14-22-20-11-12-21(23-15-5-6-16-23)19-10-4-3-9-18(19)20/h4-5,8-9,12-13,18-20,23-24H,1-3,6-7,10-11,14-17H2;3-4,9-12,17H,1-2,5-8,13-16H2/q2*+1. The molecular weight excluding hydrogens is 661 g/mol. The van der Waals surface area contributed by atoms with Crippen molar-refractivity contribution in [3.63, 3.8) is 0 Å². The molecule has 2 saturated heterocycles. The topological polar surface area (TPSA) is 18.5 Å². The molecule has 51 heavy (non-hydrogen) atoms. The minimum Gasteiger partial charge on any atom is -0.493 e. The largest absolute Gasteiger partial charge is 0.493 e. The summed E-state index contributed by atoms with van der Waals surface area (Å²) in [6.07, 6.45) is 21.2. The van der Waals surface area contributed by atoms with Crippen molar-refractivity contribution in [2.45, 2.75) is 106 Å². The van der Waals surface area contributed by atoms with E-state index in [1.54, 1.807) is 16.2 Å². The van der Waals surface area contributed by atoms with Crippen molar-refractivity contribution >= 4 is 43.3 Å². The average molecular weight is 721 g/mol. The lowest BCUT2D eigenvalue weighted by atomic mass is 9.82. The van der Waals surface area contributed by atoms with Gasteiger partial charge in [-0.05, 0) is 111 Å². The number of hydrogen-bond donors (Lipinski definition) is 0. The van der Waals surface area contributed by atoms with E-state index < -0.39 is 0 Å². The lowest BCUT2D eigenvalue weighted by Gasteiger charge is -2.22. The monoisotopic (exact) mass is 720 g/mol. The van der Waals surface area contributed by atoms with Crippen LogP contribution in [0, 0.1) is 35.5 Å². The molecular formula is C47H60O2S2+2. The van der Waals surface area contributed by atoms with Crippen LogP contribution in [0.4, 0.5) is 0 Å². The molecule has 4 aromatic carbocycles. The van der Waals surface area contributed by atoms with E-state index in [0.717, 1.165) is 60.2 Å². The summed E-state index contributed by atoms with van der Waals surface area (Å²) in [5.74, 6) is 13.8. The molecule has 0 spiro atoms. The number of benzene rings is 4. The summed E-state index contributed by atoms with van der Waals surface area (Å²) in [4.78, 5) is 3.20. The predicted molar refractivity (Wildman–Crippen MR) is 220 cm³/mol. The fourth-order valence-electron chi connectivity index (χ4n) is 11.1. The van der Waals surface area contributed by atoms with Gasteiger partial charge in [-0.2, -0.15) is 0 Å². The molecule has 6 aliphatic rings. The SMILES string of the molecule is c1ccc2c([S+]3CC4C5CCC(C5)C4C3)ccc(OCC3CCCCC3)c2c1.c1ccc2c([S+]3CCCC3)ccc(OCCC3CCCC3)c2c1. The van der Waals surface area contributed by atoms with Crippen molar-refractivity contribution in [2.24, 2.45) is 35.5 Å². The number of rotatable bonds is 9. The first kappa shape index (κ1) is 34.5. The quantitative estimate of drug-likeness (QED) is 0.160. The summed E-state index contributed by atoms with van der Waals surface area (Å²) >= 11 is 0. The van der Waals surface area contributed by atoms with Gasteiger partial charge in [-0.3, -0.25) is 0 Å². The van der Waals surface area contributed by atoms with E-state index >= 15 is 0 Å². The summed E-state index contributed by atoms with van der Waals surface area (Å²) in [5, 5.41) is 5.56. The lowest BCUT2D eigenvalue weighted by molar-refractivity contribution is 0.210. The zero-order valence-corrected chi connectivity index (χ0v) is 32.5. The van der Waals surface area contributed by atoms with Gasteiger partial charge in [-0.1, -0.05) is 81.3 Å². The Balaban J connectivity index is 0.000000139. The van der Waals surface area contributed by atoms with Crippen LogP contribution < -0.4 is 9.47 Å². The molecule has 4 aliphatic carbocycles. The van der Waals surface area contributed by atoms with Crippen LogP contribution in [0.25, 0.3) is 21.5 Å². The van der Waals surface area contributed by atoms with Crippen LogP contribution in [0.1, 0.15) is 96.3 Å². The highest BCUT2D eigenvalue weighted by Crippen LogP contribution is 2.57. The Kier molecular flexibility index (Phi) is 10.8. The molecule has 0 amide bonds. The normalized spacial score (nSPS) is 28.0. The maximum absolute atomic E-state index is 6.40. The molecule has 6 fully saturated rings. The first-order valence-corrected chi connectivity index (χ1v) is 24.0. The van der Waals surface area contributed by atoms with E-state index in [-0.39, 0.29) is 0 Å². The highest BCUT2D eigenvalue weighted by Gasteiger charge is 2.57. The first-order chi connectivity index (χ1) is 25.3. The summed E-state index contributed by atoms with van der Waals surface area (Å²) in [7, 11) is 0.916. The van der Waals surface area contributed by atoms with Crippen molar-refractivity contribution in [3.8, 4) is 11.5 Å². The minimum atomic E-state index is 0.453. The van der Waals surface area contributed by atoms with Gasteiger partial charge in [-0.25, -0.2) is 0 Å². The molecule has 2 bridgehead atoms. The van der Waals surface area contributed by atoms with Crippen molar-refractivity contribution in [1.82, 2.24) is 0 Å². The highest BCUT2D eigenvalue weighted by atomic mass is 32.2. The molecule has 0 aromatic heterocycles. The van der Waals surface area contributed by atoms with Gasteiger partial charge in [0.05, 0.1) is 13.2 Å². The Labute approximate surface area is 313 Å². The molecule has 2 nitrogen and oxygen atoms in total. The predicted octanol–water partition coefficient (Wildman–Crippen LogP) is 12.0. The molecule has 4 aromatic rings. The average Bonchev–Trinajstić information content (AvgIpc) is 4.04. The van der Waals surface area contributed by atoms with Gasteiger partial charge < -0.3 is 9.47 Å². The zero-order valence-electron chi connectivity index (χ0n) is 30.9. The van der Waals surface area contributed by atoms with E-state index in [9.17, 15) is 0 Å². The molecule has 2 aliphatic heterocycles. The first-order valence-electron chi connectivity index (χ1n) is 20.9. The van der Waals surface area contributed by atoms with E-state index in [4.69, 9.17) is 9.47 Å². The Morgan fingerprint density at radius 2 is 1.02 bits per heavy atom. The van der Waals surface area contributed by atoms with Gasteiger partial charge in [0.15, 0.2) is 9.79 Å². The molecule has 4 unspecified atom stereocenters. The van der Waals surface area contributed by atoms with E-state index in [1.165, 1.54) is 134 Å². The van der Waals surface area contributed by atoms with Gasteiger partial charge in [0.2, 0.25) is 0 Å². The summed E-state index contributed by atoms with van der Waals surface area (Å²) in [5.41, 5.74) is 0. The van der Waals surface area contributed by atoms with Crippen LogP contribution in [-0.4, -0.2) is 36.2 Å². The second-order valence-corrected chi connectivity index (χ2v) is 21.2. The third-order valence-electron chi connectivity index (χ3n) is 13.9. The molecule has 270 valence electrons. The van der Waals surface area contributed by atoms with Crippen LogP contribution in [0.15, 0.2) is 82.6 Å². The smallest absolute Gasteiger partial charge is 0.163 e. The van der Waals surface area contributed by atoms with Gasteiger partial charge in [0.1, 0.15) is 34.5 Å². The molecule has 4 saturated carbocycles. The van der Waals surface area contributed by atoms with Crippen molar-refractivity contribution in [2.75, 3.05) is 36.2 Å². The third kappa shape index (κ3) is 7.44. The van der Waals surface area contributed by atoms with Gasteiger partial charge in [-0.15, -0.1) is 0 Å². The molecule has 0 N–H and O–H groups in total. The number of ether oxygens (including phenoxy) is 2. The second kappa shape index (κ2) is 16.0. The molecule has 2 heterocycles. The summed E-state index contributed by atoms with van der Waals surface area (Å²) in [6.45, 7) is 1.78. The summed E-state index contributed by atoms with van der Waals surface area (Å²) in [6, 6.07) is 27.2. The molecule has 0 radical (unpaired) electrons. The van der Waals surface area contributed by atoms with Crippen LogP contribution in [-0.2, 0) is 21.8 Å². The van der Waals surface area contributed by atoms with Gasteiger partial charge in [0.25, 0.3) is 0 Å². The Morgan fingerprint density at radius 3 is 1.65 bits per heavy atom. The molecule has 10 rings (SSSR count). The number of fused-ring (bicyclic) bond motifs is 7. The van der Waals surface area contributed by atoms with Crippen LogP contribution >= 0.6 is 0 Å². The van der Waals surface area contributed by atoms with Crippen LogP contribution in [0.2, 0.25) is 0 Å². The fraction of sp³-hybridized carbons (Fsp3) is 0.574. The lowest BCUT2D eigenvalue weighted by Crippen LogP contribution is -2.19. The third-order valence-corrected chi connectivity index (χ3v) is 19.0. The van der Waals surface area contributed by atoms with E-state index in [2.05, 4.69) is 72.8 Å². The van der Waals surface area contributed by atoms with Crippen LogP contribution in [0.5, 0.6) is 11.5 Å². The van der Waals surface area contributed by atoms with Gasteiger partial charge >= 0.3 is 0 Å². The second-order valence-electron chi connectivity index (χ2n) is 16.9. The Morgan fingerprint density at radius 1 is 0.490 bits per heavy atom. The van der Waals surface area contributed by atoms with E-state index in [1.807, 2.05) is 0 Å². The maximum Gasteiger partial charge on any atom is 0.163 e. The Hall–Kier alpha value is -2.30. The van der Waals surface area contributed by atoms with Crippen molar-refractivity contribution < 1.29 is 9.47 Å².